The topological polar surface area (TPSA) is 61.9 Å². The van der Waals surface area contributed by atoms with E-state index in [1.54, 1.807) is 0 Å². The Hall–Kier alpha value is -2.34. The molecule has 2 heterocycles. The molecule has 0 bridgehead atoms. The summed E-state index contributed by atoms with van der Waals surface area (Å²) in [7, 11) is 0. The van der Waals surface area contributed by atoms with E-state index in [0.717, 1.165) is 62.6 Å². The zero-order chi connectivity index (χ0) is 19.6. The molecule has 0 aromatic heterocycles. The van der Waals surface area contributed by atoms with Crippen molar-refractivity contribution in [2.45, 2.75) is 39.0 Å². The molecule has 2 fully saturated rings. The van der Waals surface area contributed by atoms with Gasteiger partial charge in [-0.25, -0.2) is 0 Å². The lowest BCUT2D eigenvalue weighted by Gasteiger charge is -2.45. The number of hydrogen-bond donors (Lipinski definition) is 1. The maximum Gasteiger partial charge on any atom is 0.236 e. The predicted molar refractivity (Wildman–Crippen MR) is 109 cm³/mol. The van der Waals surface area contributed by atoms with Gasteiger partial charge >= 0.3 is 0 Å². The molecule has 1 aromatic carbocycles. The number of nitrogens with one attached hydrogen (secondary N) is 1. The molecule has 6 nitrogen and oxygen atoms in total. The Morgan fingerprint density at radius 1 is 1.18 bits per heavy atom. The molecule has 2 saturated heterocycles. The fourth-order valence-corrected chi connectivity index (χ4v) is 4.70. The zero-order valence-electron chi connectivity index (χ0n) is 16.6. The van der Waals surface area contributed by atoms with Crippen molar-refractivity contribution in [3.63, 3.8) is 0 Å². The van der Waals surface area contributed by atoms with E-state index in [2.05, 4.69) is 28.4 Å². The van der Waals surface area contributed by atoms with Gasteiger partial charge in [0.15, 0.2) is 0 Å². The number of carbonyl (C=O) groups excluding carboxylic acids is 2. The summed E-state index contributed by atoms with van der Waals surface area (Å²) in [5.41, 5.74) is 2.30. The van der Waals surface area contributed by atoms with Crippen molar-refractivity contribution in [2.75, 3.05) is 43.1 Å². The van der Waals surface area contributed by atoms with Crippen LogP contribution in [0.3, 0.4) is 0 Å². The minimum Gasteiger partial charge on any atom is -0.378 e. The van der Waals surface area contributed by atoms with Crippen LogP contribution >= 0.6 is 0 Å². The van der Waals surface area contributed by atoms with Crippen LogP contribution in [-0.2, 0) is 14.3 Å². The van der Waals surface area contributed by atoms with Gasteiger partial charge < -0.3 is 19.9 Å². The summed E-state index contributed by atoms with van der Waals surface area (Å²) >= 11 is 0. The molecule has 2 aliphatic heterocycles. The molecule has 1 atom stereocenters. The number of likely N-dealkylation sites (tertiary alicyclic amines) is 1. The van der Waals surface area contributed by atoms with Crippen molar-refractivity contribution in [1.29, 1.82) is 0 Å². The maximum atomic E-state index is 13.4. The fourth-order valence-electron chi connectivity index (χ4n) is 4.70. The Bertz CT molecular complexity index is 768. The Morgan fingerprint density at radius 3 is 2.64 bits per heavy atom. The van der Waals surface area contributed by atoms with Crippen LogP contribution < -0.4 is 10.2 Å². The lowest BCUT2D eigenvalue weighted by molar-refractivity contribution is -0.138. The first-order valence-corrected chi connectivity index (χ1v) is 10.4. The van der Waals surface area contributed by atoms with Crippen molar-refractivity contribution >= 4 is 23.2 Å². The van der Waals surface area contributed by atoms with E-state index in [9.17, 15) is 9.59 Å². The number of anilines is 2. The summed E-state index contributed by atoms with van der Waals surface area (Å²) in [4.78, 5) is 29.8. The van der Waals surface area contributed by atoms with Crippen LogP contribution in [-0.4, -0.2) is 49.6 Å². The van der Waals surface area contributed by atoms with E-state index in [4.69, 9.17) is 4.74 Å². The average molecular weight is 383 g/mol. The molecule has 1 aromatic rings. The van der Waals surface area contributed by atoms with Crippen LogP contribution in [0, 0.1) is 5.41 Å². The van der Waals surface area contributed by atoms with Crippen LogP contribution in [0.1, 0.15) is 39.0 Å². The summed E-state index contributed by atoms with van der Waals surface area (Å²) in [6.45, 7) is 5.89. The standard InChI is InChI=1S/C22H29N3O3/c1-2-25-19-5-3-4-11-22(19,12-10-20(25)26)21(27)23-17-6-8-18(9-7-17)24-13-15-28-16-14-24/h5-9H,2-4,10-16H2,1H3,(H,23,27). The van der Waals surface area contributed by atoms with Gasteiger partial charge in [0.25, 0.3) is 0 Å². The Kier molecular flexibility index (Phi) is 5.40. The Labute approximate surface area is 166 Å². The predicted octanol–water partition coefficient (Wildman–Crippen LogP) is 3.16. The molecule has 0 spiro atoms. The summed E-state index contributed by atoms with van der Waals surface area (Å²) in [5.74, 6) is 0.150. The van der Waals surface area contributed by atoms with Crippen LogP contribution in [0.4, 0.5) is 11.4 Å². The van der Waals surface area contributed by atoms with Gasteiger partial charge in [0.1, 0.15) is 0 Å². The van der Waals surface area contributed by atoms with Gasteiger partial charge in [-0.2, -0.15) is 0 Å². The third-order valence-electron chi connectivity index (χ3n) is 6.25. The van der Waals surface area contributed by atoms with E-state index in [-0.39, 0.29) is 11.8 Å². The second-order valence-corrected chi connectivity index (χ2v) is 7.80. The van der Waals surface area contributed by atoms with Gasteiger partial charge in [-0.15, -0.1) is 0 Å². The third-order valence-corrected chi connectivity index (χ3v) is 6.25. The van der Waals surface area contributed by atoms with Gasteiger partial charge in [0, 0.05) is 43.1 Å². The number of allylic oxidation sites excluding steroid dienone is 1. The van der Waals surface area contributed by atoms with Crippen molar-refractivity contribution in [3.05, 3.63) is 36.0 Å². The normalized spacial score (nSPS) is 25.2. The van der Waals surface area contributed by atoms with Crippen molar-refractivity contribution in [2.24, 2.45) is 5.41 Å². The molecular weight excluding hydrogens is 354 g/mol. The molecule has 1 N–H and O–H groups in total. The van der Waals surface area contributed by atoms with E-state index in [1.165, 1.54) is 0 Å². The van der Waals surface area contributed by atoms with E-state index in [1.807, 2.05) is 24.0 Å². The largest absolute Gasteiger partial charge is 0.378 e. The quantitative estimate of drug-likeness (QED) is 0.868. The lowest BCUT2D eigenvalue weighted by Crippen LogP contribution is -2.51. The minimum absolute atomic E-state index is 0.0172. The summed E-state index contributed by atoms with van der Waals surface area (Å²) in [5, 5.41) is 3.13. The number of benzene rings is 1. The number of hydrogen-bond acceptors (Lipinski definition) is 4. The van der Waals surface area contributed by atoms with Crippen molar-refractivity contribution in [3.8, 4) is 0 Å². The highest BCUT2D eigenvalue weighted by Crippen LogP contribution is 2.47. The second kappa shape index (κ2) is 7.95. The average Bonchev–Trinajstić information content (AvgIpc) is 2.75. The van der Waals surface area contributed by atoms with Crippen LogP contribution in [0.25, 0.3) is 0 Å². The molecule has 28 heavy (non-hydrogen) atoms. The first-order chi connectivity index (χ1) is 13.6. The zero-order valence-corrected chi connectivity index (χ0v) is 16.6. The van der Waals surface area contributed by atoms with E-state index >= 15 is 0 Å². The third kappa shape index (κ3) is 3.41. The Morgan fingerprint density at radius 2 is 1.93 bits per heavy atom. The monoisotopic (exact) mass is 383 g/mol. The van der Waals surface area contributed by atoms with Gasteiger partial charge in [-0.3, -0.25) is 9.59 Å². The summed E-state index contributed by atoms with van der Waals surface area (Å²) < 4.78 is 5.41. The first-order valence-electron chi connectivity index (χ1n) is 10.4. The second-order valence-electron chi connectivity index (χ2n) is 7.80. The molecule has 4 rings (SSSR count). The number of piperidine rings is 1. The number of amides is 2. The Balaban J connectivity index is 1.51. The number of ether oxygens (including phenoxy) is 1. The molecule has 3 aliphatic rings. The molecule has 0 radical (unpaired) electrons. The number of fused-ring (bicyclic) bond motifs is 1. The highest BCUT2D eigenvalue weighted by molar-refractivity contribution is 5.99. The SMILES string of the molecule is CCN1C(=O)CCC2(C(=O)Nc3ccc(N4CCOCC4)cc3)CCCC=C12. The van der Waals surface area contributed by atoms with E-state index in [0.29, 0.717) is 19.4 Å². The number of nitrogens with zero attached hydrogens (tertiary/aromatic N) is 2. The van der Waals surface area contributed by atoms with Crippen LogP contribution in [0.2, 0.25) is 0 Å². The molecule has 2 amide bonds. The molecule has 150 valence electrons. The number of rotatable bonds is 4. The number of morpholine rings is 1. The van der Waals surface area contributed by atoms with Gasteiger partial charge in [0.05, 0.1) is 18.6 Å². The smallest absolute Gasteiger partial charge is 0.236 e. The first kappa shape index (κ1) is 19.0. The van der Waals surface area contributed by atoms with E-state index < -0.39 is 5.41 Å². The molecule has 1 aliphatic carbocycles. The molecule has 6 heteroatoms. The number of carbonyl (C=O) groups is 2. The van der Waals surface area contributed by atoms with Gasteiger partial charge in [-0.1, -0.05) is 6.08 Å². The van der Waals surface area contributed by atoms with Crippen LogP contribution in [0.15, 0.2) is 36.0 Å². The highest BCUT2D eigenvalue weighted by atomic mass is 16.5. The van der Waals surface area contributed by atoms with Crippen molar-refractivity contribution < 1.29 is 14.3 Å². The lowest BCUT2D eigenvalue weighted by atomic mass is 9.69. The summed E-state index contributed by atoms with van der Waals surface area (Å²) in [6.07, 6.45) is 5.87. The van der Waals surface area contributed by atoms with Crippen LogP contribution in [0.5, 0.6) is 0 Å². The molecule has 1 unspecified atom stereocenters. The minimum atomic E-state index is -0.578. The summed E-state index contributed by atoms with van der Waals surface area (Å²) in [6, 6.07) is 8.05. The van der Waals surface area contributed by atoms with Gasteiger partial charge in [0.2, 0.25) is 11.8 Å². The fraction of sp³-hybridized carbons (Fsp3) is 0.545. The van der Waals surface area contributed by atoms with Crippen molar-refractivity contribution in [1.82, 2.24) is 4.90 Å². The molecule has 0 saturated carbocycles. The highest BCUT2D eigenvalue weighted by Gasteiger charge is 2.49. The molecular formula is C22H29N3O3. The maximum absolute atomic E-state index is 13.4. The van der Waals surface area contributed by atoms with Gasteiger partial charge in [-0.05, 0) is 56.9 Å².